The van der Waals surface area contributed by atoms with Gasteiger partial charge in [-0.15, -0.1) is 5.10 Å². The Balaban J connectivity index is 1.34. The molecule has 4 heterocycles. The van der Waals surface area contributed by atoms with Crippen molar-refractivity contribution in [2.75, 3.05) is 13.1 Å². The normalized spacial score (nSPS) is 15.9. The first-order valence-corrected chi connectivity index (χ1v) is 9.22. The summed E-state index contributed by atoms with van der Waals surface area (Å²) in [5.41, 5.74) is 2.60. The highest BCUT2D eigenvalue weighted by Crippen LogP contribution is 2.20. The number of hydrogen-bond donors (Lipinski definition) is 0. The fourth-order valence-electron chi connectivity index (χ4n) is 3.55. The molecule has 1 aliphatic rings. The molecule has 1 fully saturated rings. The Morgan fingerprint density at radius 3 is 2.63 bits per heavy atom. The second-order valence-electron chi connectivity index (χ2n) is 7.10. The molecule has 3 aromatic rings. The molecule has 0 radical (unpaired) electrons. The predicted octanol–water partition coefficient (Wildman–Crippen LogP) is 1.35. The lowest BCUT2D eigenvalue weighted by atomic mass is 9.96. The number of pyridine rings is 1. The van der Waals surface area contributed by atoms with E-state index in [1.54, 1.807) is 34.0 Å². The summed E-state index contributed by atoms with van der Waals surface area (Å²) in [6.45, 7) is 3.58. The summed E-state index contributed by atoms with van der Waals surface area (Å²) in [7, 11) is 1.88. The Labute approximate surface area is 157 Å². The molecule has 0 aromatic carbocycles. The zero-order valence-corrected chi connectivity index (χ0v) is 15.4. The van der Waals surface area contributed by atoms with Crippen LogP contribution in [0.4, 0.5) is 0 Å². The zero-order chi connectivity index (χ0) is 18.6. The van der Waals surface area contributed by atoms with Gasteiger partial charge in [-0.1, -0.05) is 5.21 Å². The first-order valence-electron chi connectivity index (χ1n) is 9.22. The van der Waals surface area contributed by atoms with Crippen molar-refractivity contribution in [1.29, 1.82) is 0 Å². The largest absolute Gasteiger partial charge is 0.299 e. The maximum absolute atomic E-state index is 12.5. The molecule has 4 rings (SSSR count). The van der Waals surface area contributed by atoms with E-state index in [4.69, 9.17) is 0 Å². The third kappa shape index (κ3) is 4.28. The molecule has 8 nitrogen and oxygen atoms in total. The molecule has 0 unspecified atom stereocenters. The van der Waals surface area contributed by atoms with Crippen LogP contribution < -0.4 is 5.56 Å². The van der Waals surface area contributed by atoms with Gasteiger partial charge in [0.1, 0.15) is 0 Å². The summed E-state index contributed by atoms with van der Waals surface area (Å²) in [5, 5.41) is 8.14. The summed E-state index contributed by atoms with van der Waals surface area (Å²) < 4.78 is 3.46. The molecule has 0 saturated carbocycles. The van der Waals surface area contributed by atoms with Gasteiger partial charge in [0.05, 0.1) is 17.7 Å². The highest BCUT2D eigenvalue weighted by atomic mass is 16.1. The van der Waals surface area contributed by atoms with Gasteiger partial charge in [-0.2, -0.15) is 0 Å². The first kappa shape index (κ1) is 17.5. The lowest BCUT2D eigenvalue weighted by Gasteiger charge is -2.31. The van der Waals surface area contributed by atoms with E-state index in [9.17, 15) is 4.79 Å². The minimum Gasteiger partial charge on any atom is -0.299 e. The Bertz CT molecular complexity index is 942. The lowest BCUT2D eigenvalue weighted by Crippen LogP contribution is -2.36. The van der Waals surface area contributed by atoms with Crippen LogP contribution in [-0.4, -0.2) is 47.5 Å². The topological polar surface area (TPSA) is 81.7 Å². The van der Waals surface area contributed by atoms with Gasteiger partial charge in [0.15, 0.2) is 0 Å². The van der Waals surface area contributed by atoms with E-state index in [0.29, 0.717) is 11.6 Å². The smallest absolute Gasteiger partial charge is 0.253 e. The van der Waals surface area contributed by atoms with Crippen molar-refractivity contribution in [1.82, 2.24) is 34.4 Å². The second kappa shape index (κ2) is 7.79. The van der Waals surface area contributed by atoms with E-state index >= 15 is 0 Å². The molecule has 8 heteroatoms. The van der Waals surface area contributed by atoms with Gasteiger partial charge < -0.3 is 0 Å². The van der Waals surface area contributed by atoms with Crippen LogP contribution in [-0.2, 0) is 20.1 Å². The average molecular weight is 365 g/mol. The number of aryl methyl sites for hydroxylation is 1. The Morgan fingerprint density at radius 1 is 1.19 bits per heavy atom. The molecule has 0 atom stereocenters. The minimum atomic E-state index is -0.00111. The monoisotopic (exact) mass is 365 g/mol. The minimum absolute atomic E-state index is 0.00111. The van der Waals surface area contributed by atoms with Crippen molar-refractivity contribution in [2.45, 2.75) is 25.9 Å². The van der Waals surface area contributed by atoms with Crippen molar-refractivity contribution in [3.8, 4) is 11.3 Å². The molecule has 3 aromatic heterocycles. The highest BCUT2D eigenvalue weighted by Gasteiger charge is 2.20. The van der Waals surface area contributed by atoms with Crippen LogP contribution in [0.25, 0.3) is 11.3 Å². The van der Waals surface area contributed by atoms with Gasteiger partial charge in [-0.25, -0.2) is 4.98 Å². The molecule has 0 bridgehead atoms. The number of piperidine rings is 1. The van der Waals surface area contributed by atoms with Crippen LogP contribution in [0, 0.1) is 5.92 Å². The van der Waals surface area contributed by atoms with Crippen LogP contribution in [0.15, 0.2) is 47.9 Å². The van der Waals surface area contributed by atoms with Crippen molar-refractivity contribution in [2.24, 2.45) is 13.0 Å². The van der Waals surface area contributed by atoms with Crippen molar-refractivity contribution in [3.05, 3.63) is 59.2 Å². The first-order chi connectivity index (χ1) is 13.2. The van der Waals surface area contributed by atoms with E-state index < -0.39 is 0 Å². The number of likely N-dealkylation sites (tertiary alicyclic amines) is 1. The van der Waals surface area contributed by atoms with E-state index in [1.807, 2.05) is 25.4 Å². The van der Waals surface area contributed by atoms with Crippen LogP contribution in [0.2, 0.25) is 0 Å². The molecule has 0 spiro atoms. The third-order valence-electron chi connectivity index (χ3n) is 5.05. The van der Waals surface area contributed by atoms with E-state index in [1.165, 1.54) is 0 Å². The van der Waals surface area contributed by atoms with Gasteiger partial charge in [0.2, 0.25) is 0 Å². The summed E-state index contributed by atoms with van der Waals surface area (Å²) in [4.78, 5) is 23.3. The standard InChI is InChI=1S/C19H23N7O/c1-24-12-17(22-23-24)13-25-8-4-15(5-9-25)11-26-14-21-18(10-19(26)27)16-2-6-20-7-3-16/h2-3,6-7,10,12,14-15H,4-5,8-9,11,13H2,1H3. The molecular formula is C19H23N7O. The predicted molar refractivity (Wildman–Crippen MR) is 101 cm³/mol. The second-order valence-corrected chi connectivity index (χ2v) is 7.10. The van der Waals surface area contributed by atoms with Gasteiger partial charge in [-0.05, 0) is 44.0 Å². The fraction of sp³-hybridized carbons (Fsp3) is 0.421. The van der Waals surface area contributed by atoms with E-state index in [2.05, 4.69) is 25.2 Å². The molecule has 0 N–H and O–H groups in total. The summed E-state index contributed by atoms with van der Waals surface area (Å²) >= 11 is 0. The average Bonchev–Trinajstić information content (AvgIpc) is 3.10. The van der Waals surface area contributed by atoms with Crippen molar-refractivity contribution < 1.29 is 0 Å². The Hall–Kier alpha value is -2.87. The molecule has 0 aliphatic carbocycles. The van der Waals surface area contributed by atoms with Crippen LogP contribution in [0.5, 0.6) is 0 Å². The van der Waals surface area contributed by atoms with Crippen LogP contribution >= 0.6 is 0 Å². The zero-order valence-electron chi connectivity index (χ0n) is 15.4. The summed E-state index contributed by atoms with van der Waals surface area (Å²) in [5.74, 6) is 0.495. The Kier molecular flexibility index (Phi) is 5.06. The summed E-state index contributed by atoms with van der Waals surface area (Å²) in [6.07, 6.45) is 9.18. The maximum atomic E-state index is 12.5. The molecular weight excluding hydrogens is 342 g/mol. The molecule has 27 heavy (non-hydrogen) atoms. The van der Waals surface area contributed by atoms with Gasteiger partial charge >= 0.3 is 0 Å². The third-order valence-corrected chi connectivity index (χ3v) is 5.05. The Morgan fingerprint density at radius 2 is 1.96 bits per heavy atom. The van der Waals surface area contributed by atoms with E-state index in [0.717, 1.165) is 50.3 Å². The van der Waals surface area contributed by atoms with Crippen molar-refractivity contribution in [3.63, 3.8) is 0 Å². The lowest BCUT2D eigenvalue weighted by molar-refractivity contribution is 0.164. The molecule has 0 amide bonds. The van der Waals surface area contributed by atoms with Crippen LogP contribution in [0.1, 0.15) is 18.5 Å². The fourth-order valence-corrected chi connectivity index (χ4v) is 3.55. The van der Waals surface area contributed by atoms with Gasteiger partial charge in [0.25, 0.3) is 5.56 Å². The number of aromatic nitrogens is 6. The van der Waals surface area contributed by atoms with Crippen LogP contribution in [0.3, 0.4) is 0 Å². The quantitative estimate of drug-likeness (QED) is 0.679. The number of nitrogens with zero attached hydrogens (tertiary/aromatic N) is 7. The van der Waals surface area contributed by atoms with Gasteiger partial charge in [0, 0.05) is 50.4 Å². The van der Waals surface area contributed by atoms with E-state index in [-0.39, 0.29) is 5.56 Å². The molecule has 140 valence electrons. The maximum Gasteiger partial charge on any atom is 0.253 e. The molecule has 1 aliphatic heterocycles. The van der Waals surface area contributed by atoms with Gasteiger partial charge in [-0.3, -0.25) is 23.9 Å². The summed E-state index contributed by atoms with van der Waals surface area (Å²) in [6, 6.07) is 5.33. The number of rotatable bonds is 5. The highest BCUT2D eigenvalue weighted by molar-refractivity contribution is 5.57. The van der Waals surface area contributed by atoms with Crippen molar-refractivity contribution >= 4 is 0 Å². The molecule has 1 saturated heterocycles. The number of hydrogen-bond acceptors (Lipinski definition) is 6. The SMILES string of the molecule is Cn1cc(CN2CCC(Cn3cnc(-c4ccncc4)cc3=O)CC2)nn1.